The minimum absolute atomic E-state index is 0. The second-order valence-electron chi connectivity index (χ2n) is 7.07. The summed E-state index contributed by atoms with van der Waals surface area (Å²) in [6.07, 6.45) is 3.81. The Bertz CT molecular complexity index is 579. The molecule has 2 unspecified atom stereocenters. The fourth-order valence-corrected chi connectivity index (χ4v) is 3.61. The summed E-state index contributed by atoms with van der Waals surface area (Å²) in [5.41, 5.74) is 1.21. The van der Waals surface area contributed by atoms with Gasteiger partial charge in [-0.2, -0.15) is 0 Å². The highest BCUT2D eigenvalue weighted by molar-refractivity contribution is 14.0. The van der Waals surface area contributed by atoms with E-state index in [-0.39, 0.29) is 36.1 Å². The van der Waals surface area contributed by atoms with Crippen LogP contribution in [0.5, 0.6) is 5.75 Å². The summed E-state index contributed by atoms with van der Waals surface area (Å²) in [5, 5.41) is 6.77. The van der Waals surface area contributed by atoms with Crippen molar-refractivity contribution in [2.45, 2.75) is 45.2 Å². The van der Waals surface area contributed by atoms with Crippen LogP contribution < -0.4 is 15.4 Å². The minimum Gasteiger partial charge on any atom is -0.496 e. The number of nitrogens with zero attached hydrogens (tertiary/aromatic N) is 2. The van der Waals surface area contributed by atoms with Crippen molar-refractivity contribution in [3.05, 3.63) is 29.8 Å². The maximum Gasteiger partial charge on any atom is 0.191 e. The highest BCUT2D eigenvalue weighted by atomic mass is 127. The molecule has 0 saturated carbocycles. The first kappa shape index (κ1) is 25.0. The summed E-state index contributed by atoms with van der Waals surface area (Å²) in [6.45, 7) is 8.57. The molecular weight excluding hydrogens is 467 g/mol. The first-order valence-electron chi connectivity index (χ1n) is 10.1. The fourth-order valence-electron chi connectivity index (χ4n) is 3.61. The Morgan fingerprint density at radius 3 is 2.54 bits per heavy atom. The van der Waals surface area contributed by atoms with Gasteiger partial charge in [-0.05, 0) is 45.8 Å². The molecule has 28 heavy (non-hydrogen) atoms. The summed E-state index contributed by atoms with van der Waals surface area (Å²) >= 11 is 0. The average molecular weight is 504 g/mol. The molecule has 1 fully saturated rings. The maximum atomic E-state index is 5.65. The van der Waals surface area contributed by atoms with E-state index in [0.29, 0.717) is 13.2 Å². The molecule has 1 saturated heterocycles. The molecule has 1 aliphatic rings. The lowest BCUT2D eigenvalue weighted by Crippen LogP contribution is -2.44. The van der Waals surface area contributed by atoms with Gasteiger partial charge in [0.25, 0.3) is 0 Å². The van der Waals surface area contributed by atoms with E-state index in [9.17, 15) is 0 Å². The van der Waals surface area contributed by atoms with Crippen molar-refractivity contribution in [1.82, 2.24) is 15.5 Å². The van der Waals surface area contributed by atoms with Crippen molar-refractivity contribution in [3.63, 3.8) is 0 Å². The molecular formula is C21H37IN4O2. The number of likely N-dealkylation sites (tertiary alicyclic amines) is 1. The zero-order valence-corrected chi connectivity index (χ0v) is 20.1. The number of halogens is 1. The number of hydrogen-bond acceptors (Lipinski definition) is 4. The molecule has 6 nitrogen and oxygen atoms in total. The summed E-state index contributed by atoms with van der Waals surface area (Å²) < 4.78 is 10.9. The van der Waals surface area contributed by atoms with Crippen molar-refractivity contribution in [1.29, 1.82) is 0 Å². The monoisotopic (exact) mass is 504 g/mol. The number of para-hydroxylation sites is 1. The van der Waals surface area contributed by atoms with Crippen LogP contribution in [0.2, 0.25) is 0 Å². The van der Waals surface area contributed by atoms with Crippen LogP contribution >= 0.6 is 24.0 Å². The molecule has 160 valence electrons. The quantitative estimate of drug-likeness (QED) is 0.307. The van der Waals surface area contributed by atoms with Crippen LogP contribution in [0.4, 0.5) is 0 Å². The molecule has 0 radical (unpaired) electrons. The lowest BCUT2D eigenvalue weighted by Gasteiger charge is -2.34. The molecule has 0 spiro atoms. The largest absolute Gasteiger partial charge is 0.496 e. The number of methoxy groups -OCH3 is 2. The average Bonchev–Trinajstić information content (AvgIpc) is 2.69. The van der Waals surface area contributed by atoms with E-state index in [1.807, 2.05) is 12.1 Å². The SMILES string of the molecule is CCNC(=NCC(c1ccccc1OC)N1CCCCC1)NC(C)COC.I. The maximum absolute atomic E-state index is 5.65. The molecule has 0 bridgehead atoms. The first-order chi connectivity index (χ1) is 13.2. The van der Waals surface area contributed by atoms with Crippen LogP contribution in [0.3, 0.4) is 0 Å². The number of benzene rings is 1. The Morgan fingerprint density at radius 2 is 1.89 bits per heavy atom. The highest BCUT2D eigenvalue weighted by Gasteiger charge is 2.24. The Labute approximate surface area is 187 Å². The van der Waals surface area contributed by atoms with E-state index >= 15 is 0 Å². The second kappa shape index (κ2) is 14.0. The van der Waals surface area contributed by atoms with Gasteiger partial charge < -0.3 is 20.1 Å². The number of piperidine rings is 1. The van der Waals surface area contributed by atoms with Gasteiger partial charge in [0.2, 0.25) is 0 Å². The Balaban J connectivity index is 0.00000392. The molecule has 1 aromatic rings. The van der Waals surface area contributed by atoms with E-state index in [2.05, 4.69) is 41.5 Å². The van der Waals surface area contributed by atoms with Gasteiger partial charge in [0.1, 0.15) is 5.75 Å². The molecule has 0 amide bonds. The third kappa shape index (κ3) is 7.75. The number of rotatable bonds is 9. The Hall–Kier alpha value is -1.06. The van der Waals surface area contributed by atoms with Gasteiger partial charge in [-0.15, -0.1) is 24.0 Å². The molecule has 1 heterocycles. The Morgan fingerprint density at radius 1 is 1.18 bits per heavy atom. The fraction of sp³-hybridized carbons (Fsp3) is 0.667. The topological polar surface area (TPSA) is 58.1 Å². The standard InChI is InChI=1S/C21H36N4O2.HI/c1-5-22-21(24-17(2)16-26-3)23-15-19(25-13-9-6-10-14-25)18-11-7-8-12-20(18)27-4;/h7-8,11-12,17,19H,5-6,9-10,13-16H2,1-4H3,(H2,22,23,24);1H. The van der Waals surface area contributed by atoms with E-state index in [1.54, 1.807) is 14.2 Å². The van der Waals surface area contributed by atoms with Crippen molar-refractivity contribution >= 4 is 29.9 Å². The van der Waals surface area contributed by atoms with Crippen LogP contribution in [-0.2, 0) is 4.74 Å². The number of guanidine groups is 1. The molecule has 0 aliphatic carbocycles. The van der Waals surface area contributed by atoms with Crippen LogP contribution in [0.1, 0.15) is 44.7 Å². The molecule has 2 atom stereocenters. The normalized spacial score (nSPS) is 17.4. The van der Waals surface area contributed by atoms with Gasteiger partial charge in [-0.1, -0.05) is 24.6 Å². The van der Waals surface area contributed by atoms with Gasteiger partial charge in [0, 0.05) is 25.3 Å². The lowest BCUT2D eigenvalue weighted by molar-refractivity contribution is 0.165. The number of ether oxygens (including phenoxy) is 2. The predicted molar refractivity (Wildman–Crippen MR) is 127 cm³/mol. The Kier molecular flexibility index (Phi) is 12.5. The minimum atomic E-state index is 0. The molecule has 7 heteroatoms. The third-order valence-electron chi connectivity index (χ3n) is 4.90. The van der Waals surface area contributed by atoms with E-state index < -0.39 is 0 Å². The van der Waals surface area contributed by atoms with Gasteiger partial charge in [0.05, 0.1) is 26.3 Å². The van der Waals surface area contributed by atoms with Crippen LogP contribution in [0, 0.1) is 0 Å². The molecule has 2 N–H and O–H groups in total. The molecule has 0 aromatic heterocycles. The zero-order valence-electron chi connectivity index (χ0n) is 17.7. The van der Waals surface area contributed by atoms with E-state index in [4.69, 9.17) is 14.5 Å². The number of nitrogens with one attached hydrogen (secondary N) is 2. The number of aliphatic imine (C=N–C) groups is 1. The van der Waals surface area contributed by atoms with Gasteiger partial charge in [-0.25, -0.2) is 0 Å². The zero-order chi connectivity index (χ0) is 19.5. The summed E-state index contributed by atoms with van der Waals surface area (Å²) in [4.78, 5) is 7.45. The van der Waals surface area contributed by atoms with Gasteiger partial charge in [-0.3, -0.25) is 9.89 Å². The summed E-state index contributed by atoms with van der Waals surface area (Å²) in [5.74, 6) is 1.77. The first-order valence-corrected chi connectivity index (χ1v) is 10.1. The van der Waals surface area contributed by atoms with Crippen LogP contribution in [0.25, 0.3) is 0 Å². The second-order valence-corrected chi connectivity index (χ2v) is 7.07. The third-order valence-corrected chi connectivity index (χ3v) is 4.90. The van der Waals surface area contributed by atoms with Crippen LogP contribution in [-0.4, -0.2) is 63.9 Å². The van der Waals surface area contributed by atoms with Crippen molar-refractivity contribution in [2.24, 2.45) is 4.99 Å². The molecule has 2 rings (SSSR count). The molecule has 1 aliphatic heterocycles. The van der Waals surface area contributed by atoms with Crippen LogP contribution in [0.15, 0.2) is 29.3 Å². The van der Waals surface area contributed by atoms with E-state index in [1.165, 1.54) is 24.8 Å². The van der Waals surface area contributed by atoms with Crippen molar-refractivity contribution < 1.29 is 9.47 Å². The van der Waals surface area contributed by atoms with Crippen molar-refractivity contribution in [2.75, 3.05) is 47.0 Å². The van der Waals surface area contributed by atoms with Gasteiger partial charge >= 0.3 is 0 Å². The highest BCUT2D eigenvalue weighted by Crippen LogP contribution is 2.31. The summed E-state index contributed by atoms with van der Waals surface area (Å²) in [6, 6.07) is 8.74. The molecule has 1 aromatic carbocycles. The summed E-state index contributed by atoms with van der Waals surface area (Å²) in [7, 11) is 3.46. The number of hydrogen-bond donors (Lipinski definition) is 2. The van der Waals surface area contributed by atoms with Crippen molar-refractivity contribution in [3.8, 4) is 5.75 Å². The smallest absolute Gasteiger partial charge is 0.191 e. The van der Waals surface area contributed by atoms with Gasteiger partial charge in [0.15, 0.2) is 5.96 Å². The lowest BCUT2D eigenvalue weighted by atomic mass is 10.0. The predicted octanol–water partition coefficient (Wildman–Crippen LogP) is 3.43. The van der Waals surface area contributed by atoms with E-state index in [0.717, 1.165) is 31.3 Å².